The summed E-state index contributed by atoms with van der Waals surface area (Å²) in [6.07, 6.45) is 6.17. The topological polar surface area (TPSA) is 84.4 Å². The van der Waals surface area contributed by atoms with E-state index in [-0.39, 0.29) is 17.8 Å². The van der Waals surface area contributed by atoms with Gasteiger partial charge in [-0.15, -0.1) is 0 Å². The molecule has 0 aromatic carbocycles. The number of nitrogens with zero attached hydrogens (tertiary/aromatic N) is 3. The van der Waals surface area contributed by atoms with Gasteiger partial charge >= 0.3 is 5.97 Å². The number of ether oxygens (including phenoxy) is 1. The monoisotopic (exact) mass is 320 g/mol. The van der Waals surface area contributed by atoms with Gasteiger partial charge in [0.05, 0.1) is 12.5 Å². The number of hydrogen-bond acceptors (Lipinski definition) is 6. The minimum absolute atomic E-state index is 0.0366. The van der Waals surface area contributed by atoms with Crippen LogP contribution in [0.15, 0.2) is 18.5 Å². The first kappa shape index (κ1) is 17.2. The lowest BCUT2D eigenvalue weighted by Gasteiger charge is -2.31. The van der Waals surface area contributed by atoms with Crippen LogP contribution in [0.3, 0.4) is 0 Å². The van der Waals surface area contributed by atoms with Crippen LogP contribution in [-0.2, 0) is 14.3 Å². The minimum Gasteiger partial charge on any atom is -0.466 e. The molecule has 7 heteroatoms. The Labute approximate surface area is 136 Å². The summed E-state index contributed by atoms with van der Waals surface area (Å²) < 4.78 is 4.86. The standard InChI is InChI=1S/C16H24N4O3/c1-2-23-14(21)7-3-8-17-15(22)13-6-4-11-20(12-13)16-18-9-5-10-19-16/h5,9-10,13H,2-4,6-8,11-12H2,1H3,(H,17,22). The normalized spacial score (nSPS) is 17.6. The van der Waals surface area contributed by atoms with Crippen LogP contribution in [-0.4, -0.2) is 48.1 Å². The van der Waals surface area contributed by atoms with Crippen LogP contribution in [0, 0.1) is 5.92 Å². The van der Waals surface area contributed by atoms with Crippen molar-refractivity contribution in [3.8, 4) is 0 Å². The fourth-order valence-corrected chi connectivity index (χ4v) is 2.65. The Bertz CT molecular complexity index is 509. The molecule has 126 valence electrons. The summed E-state index contributed by atoms with van der Waals surface area (Å²) in [5.74, 6) is 0.434. The zero-order valence-electron chi connectivity index (χ0n) is 13.5. The molecular formula is C16H24N4O3. The zero-order chi connectivity index (χ0) is 16.5. The van der Waals surface area contributed by atoms with Gasteiger partial charge in [-0.1, -0.05) is 0 Å². The molecule has 23 heavy (non-hydrogen) atoms. The van der Waals surface area contributed by atoms with E-state index in [0.29, 0.717) is 38.5 Å². The summed E-state index contributed by atoms with van der Waals surface area (Å²) in [6, 6.07) is 1.78. The van der Waals surface area contributed by atoms with Crippen LogP contribution in [0.4, 0.5) is 5.95 Å². The first-order valence-corrected chi connectivity index (χ1v) is 8.16. The summed E-state index contributed by atoms with van der Waals surface area (Å²) in [6.45, 7) is 4.18. The highest BCUT2D eigenvalue weighted by Crippen LogP contribution is 2.20. The second-order valence-electron chi connectivity index (χ2n) is 5.53. The van der Waals surface area contributed by atoms with E-state index in [1.165, 1.54) is 0 Å². The van der Waals surface area contributed by atoms with Crippen LogP contribution in [0.5, 0.6) is 0 Å². The molecular weight excluding hydrogens is 296 g/mol. The van der Waals surface area contributed by atoms with E-state index in [0.717, 1.165) is 19.4 Å². The largest absolute Gasteiger partial charge is 0.466 e. The minimum atomic E-state index is -0.216. The van der Waals surface area contributed by atoms with E-state index >= 15 is 0 Å². The Morgan fingerprint density at radius 3 is 2.91 bits per heavy atom. The molecule has 0 bridgehead atoms. The lowest BCUT2D eigenvalue weighted by Crippen LogP contribution is -2.43. The van der Waals surface area contributed by atoms with Gasteiger partial charge in [-0.2, -0.15) is 0 Å². The van der Waals surface area contributed by atoms with E-state index in [1.807, 2.05) is 4.90 Å². The molecule has 1 N–H and O–H groups in total. The molecule has 2 heterocycles. The maximum atomic E-state index is 12.3. The van der Waals surface area contributed by atoms with E-state index in [2.05, 4.69) is 15.3 Å². The number of amides is 1. The molecule has 0 aliphatic carbocycles. The van der Waals surface area contributed by atoms with Gasteiger partial charge in [0, 0.05) is 38.4 Å². The molecule has 1 aliphatic rings. The first-order chi connectivity index (χ1) is 11.2. The third-order valence-electron chi connectivity index (χ3n) is 3.79. The lowest BCUT2D eigenvalue weighted by atomic mass is 9.97. The maximum Gasteiger partial charge on any atom is 0.305 e. The summed E-state index contributed by atoms with van der Waals surface area (Å²) in [5.41, 5.74) is 0. The Morgan fingerprint density at radius 2 is 2.17 bits per heavy atom. The molecule has 0 spiro atoms. The highest BCUT2D eigenvalue weighted by Gasteiger charge is 2.26. The molecule has 1 amide bonds. The van der Waals surface area contributed by atoms with Crippen molar-refractivity contribution in [2.24, 2.45) is 5.92 Å². The molecule has 1 aromatic rings. The molecule has 0 saturated carbocycles. The Hall–Kier alpha value is -2.18. The van der Waals surface area contributed by atoms with Crippen molar-refractivity contribution in [1.82, 2.24) is 15.3 Å². The van der Waals surface area contributed by atoms with Crippen molar-refractivity contribution in [3.05, 3.63) is 18.5 Å². The Kier molecular flexibility index (Phi) is 6.77. The SMILES string of the molecule is CCOC(=O)CCCNC(=O)C1CCCN(c2ncccn2)C1. The number of nitrogens with one attached hydrogen (secondary N) is 1. The lowest BCUT2D eigenvalue weighted by molar-refractivity contribution is -0.143. The summed E-state index contributed by atoms with van der Waals surface area (Å²) in [7, 11) is 0. The summed E-state index contributed by atoms with van der Waals surface area (Å²) in [4.78, 5) is 34.0. The van der Waals surface area contributed by atoms with E-state index in [4.69, 9.17) is 4.74 Å². The third-order valence-corrected chi connectivity index (χ3v) is 3.79. The van der Waals surface area contributed by atoms with Crippen molar-refractivity contribution < 1.29 is 14.3 Å². The van der Waals surface area contributed by atoms with Crippen LogP contribution >= 0.6 is 0 Å². The fraction of sp³-hybridized carbons (Fsp3) is 0.625. The van der Waals surface area contributed by atoms with Crippen molar-refractivity contribution >= 4 is 17.8 Å². The second kappa shape index (κ2) is 9.07. The van der Waals surface area contributed by atoms with Crippen molar-refractivity contribution in [2.45, 2.75) is 32.6 Å². The Morgan fingerprint density at radius 1 is 1.39 bits per heavy atom. The number of esters is 1. The summed E-state index contributed by atoms with van der Waals surface area (Å²) >= 11 is 0. The third kappa shape index (κ3) is 5.50. The van der Waals surface area contributed by atoms with Crippen molar-refractivity contribution in [2.75, 3.05) is 31.1 Å². The quantitative estimate of drug-likeness (QED) is 0.599. The Balaban J connectivity index is 1.73. The van der Waals surface area contributed by atoms with E-state index < -0.39 is 0 Å². The molecule has 1 unspecified atom stereocenters. The summed E-state index contributed by atoms with van der Waals surface area (Å²) in [5, 5.41) is 2.91. The van der Waals surface area contributed by atoms with Crippen molar-refractivity contribution in [3.63, 3.8) is 0 Å². The van der Waals surface area contributed by atoms with Gasteiger partial charge in [-0.3, -0.25) is 9.59 Å². The van der Waals surface area contributed by atoms with Crippen molar-refractivity contribution in [1.29, 1.82) is 0 Å². The van der Waals surface area contributed by atoms with Gasteiger partial charge in [0.15, 0.2) is 0 Å². The number of piperidine rings is 1. The average Bonchev–Trinajstić information content (AvgIpc) is 2.60. The number of rotatable bonds is 7. The van der Waals surface area contributed by atoms with Gasteiger partial charge in [0.25, 0.3) is 0 Å². The molecule has 1 aliphatic heterocycles. The maximum absolute atomic E-state index is 12.3. The van der Waals surface area contributed by atoms with Gasteiger partial charge < -0.3 is 15.0 Å². The second-order valence-corrected chi connectivity index (χ2v) is 5.53. The predicted molar refractivity (Wildman–Crippen MR) is 85.8 cm³/mol. The number of aromatic nitrogens is 2. The molecule has 1 aromatic heterocycles. The molecule has 7 nitrogen and oxygen atoms in total. The van der Waals surface area contributed by atoms with Gasteiger partial charge in [-0.05, 0) is 32.3 Å². The fourth-order valence-electron chi connectivity index (χ4n) is 2.65. The smallest absolute Gasteiger partial charge is 0.305 e. The number of carbonyl (C=O) groups excluding carboxylic acids is 2. The first-order valence-electron chi connectivity index (χ1n) is 8.16. The molecule has 1 fully saturated rings. The van der Waals surface area contributed by atoms with Crippen LogP contribution in [0.2, 0.25) is 0 Å². The highest BCUT2D eigenvalue weighted by atomic mass is 16.5. The molecule has 1 atom stereocenters. The predicted octanol–water partition coefficient (Wildman–Crippen LogP) is 1.15. The molecule has 1 saturated heterocycles. The van der Waals surface area contributed by atoms with Gasteiger partial charge in [0.2, 0.25) is 11.9 Å². The van der Waals surface area contributed by atoms with Crippen LogP contribution in [0.1, 0.15) is 32.6 Å². The van der Waals surface area contributed by atoms with Gasteiger partial charge in [0.1, 0.15) is 0 Å². The van der Waals surface area contributed by atoms with Crippen LogP contribution < -0.4 is 10.2 Å². The average molecular weight is 320 g/mol. The molecule has 2 rings (SSSR count). The highest BCUT2D eigenvalue weighted by molar-refractivity contribution is 5.79. The molecule has 0 radical (unpaired) electrons. The van der Waals surface area contributed by atoms with Crippen LogP contribution in [0.25, 0.3) is 0 Å². The van der Waals surface area contributed by atoms with E-state index in [1.54, 1.807) is 25.4 Å². The zero-order valence-corrected chi connectivity index (χ0v) is 13.5. The number of carbonyl (C=O) groups is 2. The van der Waals surface area contributed by atoms with Gasteiger partial charge in [-0.25, -0.2) is 9.97 Å². The number of hydrogen-bond donors (Lipinski definition) is 1. The van der Waals surface area contributed by atoms with E-state index in [9.17, 15) is 9.59 Å². The number of anilines is 1.